The lowest BCUT2D eigenvalue weighted by atomic mass is 10.1. The Labute approximate surface area is 152 Å². The minimum absolute atomic E-state index is 0.0878. The molecule has 0 N–H and O–H groups in total. The molecule has 0 unspecified atom stereocenters. The molecule has 0 aliphatic rings. The molecule has 0 spiro atoms. The van der Waals surface area contributed by atoms with Crippen LogP contribution in [0.4, 0.5) is 4.39 Å². The van der Waals surface area contributed by atoms with Crippen LogP contribution in [0.2, 0.25) is 0 Å². The topological polar surface area (TPSA) is 43.4 Å². The minimum atomic E-state index is -0.629. The van der Waals surface area contributed by atoms with Gasteiger partial charge in [0.1, 0.15) is 5.82 Å². The fraction of sp³-hybridized carbons (Fsp3) is 0.0526. The van der Waals surface area contributed by atoms with Crippen LogP contribution in [0.15, 0.2) is 59.3 Å². The summed E-state index contributed by atoms with van der Waals surface area (Å²) < 4.78 is 18.8. The van der Waals surface area contributed by atoms with Crippen LogP contribution >= 0.6 is 22.7 Å². The molecule has 6 heteroatoms. The number of thiophene rings is 2. The highest BCUT2D eigenvalue weighted by molar-refractivity contribution is 7.12. The van der Waals surface area contributed by atoms with E-state index < -0.39 is 24.2 Å². The number of rotatable bonds is 6. The van der Waals surface area contributed by atoms with Gasteiger partial charge in [-0.05, 0) is 41.1 Å². The maximum atomic E-state index is 13.6. The number of carbonyl (C=O) groups excluding carboxylic acids is 2. The Morgan fingerprint density at radius 2 is 1.76 bits per heavy atom. The SMILES string of the molecule is O=C(OCC(=O)c1ccccc1F)/C(=C/c1cccs1)c1cccs1. The average Bonchev–Trinajstić information content (AvgIpc) is 3.31. The van der Waals surface area contributed by atoms with E-state index in [-0.39, 0.29) is 5.56 Å². The monoisotopic (exact) mass is 372 g/mol. The molecule has 2 aromatic heterocycles. The predicted octanol–water partition coefficient (Wildman–Crippen LogP) is 4.92. The van der Waals surface area contributed by atoms with E-state index >= 15 is 0 Å². The zero-order valence-corrected chi connectivity index (χ0v) is 14.6. The molecule has 0 saturated carbocycles. The number of hydrogen-bond donors (Lipinski definition) is 0. The van der Waals surface area contributed by atoms with Gasteiger partial charge in [0.15, 0.2) is 6.61 Å². The molecular formula is C19H13FO3S2. The summed E-state index contributed by atoms with van der Waals surface area (Å²) in [5, 5.41) is 3.76. The smallest absolute Gasteiger partial charge is 0.340 e. The first-order valence-corrected chi connectivity index (χ1v) is 9.15. The lowest BCUT2D eigenvalue weighted by Crippen LogP contribution is -2.16. The van der Waals surface area contributed by atoms with Gasteiger partial charge in [-0.15, -0.1) is 22.7 Å². The minimum Gasteiger partial charge on any atom is -0.454 e. The quantitative estimate of drug-likeness (QED) is 0.351. The third-order valence-electron chi connectivity index (χ3n) is 3.34. The third kappa shape index (κ3) is 4.29. The van der Waals surface area contributed by atoms with Crippen molar-refractivity contribution in [3.8, 4) is 0 Å². The van der Waals surface area contributed by atoms with Gasteiger partial charge in [0.05, 0.1) is 11.1 Å². The molecule has 0 atom stereocenters. The van der Waals surface area contributed by atoms with Gasteiger partial charge >= 0.3 is 5.97 Å². The Bertz CT molecular complexity index is 897. The first kappa shape index (κ1) is 17.3. The van der Waals surface area contributed by atoms with Crippen molar-refractivity contribution in [3.63, 3.8) is 0 Å². The molecule has 3 rings (SSSR count). The van der Waals surface area contributed by atoms with Crippen LogP contribution < -0.4 is 0 Å². The van der Waals surface area contributed by atoms with Crippen molar-refractivity contribution in [3.05, 3.63) is 80.4 Å². The van der Waals surface area contributed by atoms with Gasteiger partial charge in [-0.3, -0.25) is 4.79 Å². The number of esters is 1. The molecule has 0 radical (unpaired) electrons. The van der Waals surface area contributed by atoms with Gasteiger partial charge in [0.25, 0.3) is 0 Å². The van der Waals surface area contributed by atoms with Crippen molar-refractivity contribution in [2.75, 3.05) is 6.61 Å². The second-order valence-electron chi connectivity index (χ2n) is 5.03. The number of Topliss-reactive ketones (excluding diaryl/α,β-unsaturated/α-hetero) is 1. The van der Waals surface area contributed by atoms with E-state index in [2.05, 4.69) is 0 Å². The molecule has 0 fully saturated rings. The Morgan fingerprint density at radius 3 is 2.44 bits per heavy atom. The van der Waals surface area contributed by atoms with E-state index in [0.717, 1.165) is 9.75 Å². The molecule has 0 aliphatic heterocycles. The van der Waals surface area contributed by atoms with E-state index in [1.54, 1.807) is 12.1 Å². The van der Waals surface area contributed by atoms with E-state index in [1.165, 1.54) is 40.9 Å². The number of benzene rings is 1. The predicted molar refractivity (Wildman–Crippen MR) is 98.2 cm³/mol. The molecule has 126 valence electrons. The first-order chi connectivity index (χ1) is 12.1. The molecule has 0 bridgehead atoms. The zero-order valence-electron chi connectivity index (χ0n) is 13.0. The van der Waals surface area contributed by atoms with Crippen LogP contribution in [-0.4, -0.2) is 18.4 Å². The maximum Gasteiger partial charge on any atom is 0.340 e. The molecule has 0 aliphatic carbocycles. The van der Waals surface area contributed by atoms with E-state index in [9.17, 15) is 14.0 Å². The number of carbonyl (C=O) groups is 2. The lowest BCUT2D eigenvalue weighted by Gasteiger charge is -2.07. The number of ketones is 1. The number of ether oxygens (including phenoxy) is 1. The van der Waals surface area contributed by atoms with Crippen LogP contribution in [-0.2, 0) is 9.53 Å². The Hall–Kier alpha value is -2.57. The summed E-state index contributed by atoms with van der Waals surface area (Å²) in [7, 11) is 0. The van der Waals surface area contributed by atoms with Crippen LogP contribution in [0.25, 0.3) is 11.6 Å². The van der Waals surface area contributed by atoms with Gasteiger partial charge in [-0.25, -0.2) is 9.18 Å². The van der Waals surface area contributed by atoms with Crippen molar-refractivity contribution in [2.24, 2.45) is 0 Å². The summed E-state index contributed by atoms with van der Waals surface area (Å²) in [6, 6.07) is 13.0. The summed E-state index contributed by atoms with van der Waals surface area (Å²) in [4.78, 5) is 26.2. The van der Waals surface area contributed by atoms with Gasteiger partial charge in [-0.2, -0.15) is 0 Å². The van der Waals surface area contributed by atoms with Crippen molar-refractivity contribution in [1.82, 2.24) is 0 Å². The van der Waals surface area contributed by atoms with Crippen molar-refractivity contribution in [2.45, 2.75) is 0 Å². The highest BCUT2D eigenvalue weighted by Crippen LogP contribution is 2.26. The zero-order chi connectivity index (χ0) is 17.6. The molecule has 25 heavy (non-hydrogen) atoms. The van der Waals surface area contributed by atoms with Crippen LogP contribution in [0.5, 0.6) is 0 Å². The van der Waals surface area contributed by atoms with E-state index in [4.69, 9.17) is 4.74 Å². The van der Waals surface area contributed by atoms with Crippen LogP contribution in [0, 0.1) is 5.82 Å². The van der Waals surface area contributed by atoms with Crippen LogP contribution in [0.1, 0.15) is 20.1 Å². The van der Waals surface area contributed by atoms with Gasteiger partial charge in [0, 0.05) is 9.75 Å². The molecule has 1 aromatic carbocycles. The maximum absolute atomic E-state index is 13.6. The van der Waals surface area contributed by atoms with Crippen molar-refractivity contribution >= 4 is 46.1 Å². The lowest BCUT2D eigenvalue weighted by molar-refractivity contribution is -0.135. The summed E-state index contributed by atoms with van der Waals surface area (Å²) in [6.45, 7) is -0.507. The first-order valence-electron chi connectivity index (χ1n) is 7.39. The molecule has 2 heterocycles. The molecule has 3 nitrogen and oxygen atoms in total. The summed E-state index contributed by atoms with van der Waals surface area (Å²) in [5.41, 5.74) is 0.286. The Kier molecular flexibility index (Phi) is 5.53. The second kappa shape index (κ2) is 8.00. The molecule has 3 aromatic rings. The number of halogens is 1. The second-order valence-corrected chi connectivity index (χ2v) is 6.96. The van der Waals surface area contributed by atoms with Gasteiger partial charge in [-0.1, -0.05) is 24.3 Å². The third-order valence-corrected chi connectivity index (χ3v) is 5.07. The normalized spacial score (nSPS) is 11.3. The Balaban J connectivity index is 1.75. The average molecular weight is 372 g/mol. The van der Waals surface area contributed by atoms with E-state index in [1.807, 2.05) is 35.0 Å². The van der Waals surface area contributed by atoms with Gasteiger partial charge < -0.3 is 4.74 Å². The summed E-state index contributed by atoms with van der Waals surface area (Å²) in [5.74, 6) is -1.82. The van der Waals surface area contributed by atoms with E-state index in [0.29, 0.717) is 5.57 Å². The molecular weight excluding hydrogens is 359 g/mol. The van der Waals surface area contributed by atoms with Crippen LogP contribution in [0.3, 0.4) is 0 Å². The highest BCUT2D eigenvalue weighted by Gasteiger charge is 2.18. The number of hydrogen-bond acceptors (Lipinski definition) is 5. The van der Waals surface area contributed by atoms with Crippen molar-refractivity contribution in [1.29, 1.82) is 0 Å². The fourth-order valence-electron chi connectivity index (χ4n) is 2.15. The highest BCUT2D eigenvalue weighted by atomic mass is 32.1. The Morgan fingerprint density at radius 1 is 1.00 bits per heavy atom. The summed E-state index contributed by atoms with van der Waals surface area (Å²) >= 11 is 2.90. The molecule has 0 amide bonds. The fourth-order valence-corrected chi connectivity index (χ4v) is 3.54. The standard InChI is InChI=1S/C19H13FO3S2/c20-16-7-2-1-6-14(16)17(21)12-23-19(22)15(18-8-4-10-25-18)11-13-5-3-9-24-13/h1-11H,12H2/b15-11+. The van der Waals surface area contributed by atoms with Gasteiger partial charge in [0.2, 0.25) is 5.78 Å². The summed E-state index contributed by atoms with van der Waals surface area (Å²) in [6.07, 6.45) is 1.73. The molecule has 0 saturated heterocycles. The van der Waals surface area contributed by atoms with Crippen molar-refractivity contribution < 1.29 is 18.7 Å². The largest absolute Gasteiger partial charge is 0.454 e.